The van der Waals surface area contributed by atoms with E-state index < -0.39 is 5.91 Å². The SMILES string of the molecule is Cc1ccccc1Cn1ccc(NC(=O)c2noc(C)c2COc2ccc(F)cc2)n1. The number of nitrogens with zero attached hydrogens (tertiary/aromatic N) is 3. The molecular formula is C23H21FN4O3. The van der Waals surface area contributed by atoms with Crippen LogP contribution in [0.25, 0.3) is 0 Å². The lowest BCUT2D eigenvalue weighted by Gasteiger charge is -2.07. The van der Waals surface area contributed by atoms with Crippen LogP contribution in [0.2, 0.25) is 0 Å². The van der Waals surface area contributed by atoms with Gasteiger partial charge in [-0.3, -0.25) is 9.48 Å². The number of benzene rings is 2. The van der Waals surface area contributed by atoms with Gasteiger partial charge in [-0.05, 0) is 49.2 Å². The molecule has 0 aliphatic carbocycles. The molecule has 0 fully saturated rings. The van der Waals surface area contributed by atoms with E-state index in [-0.39, 0.29) is 18.1 Å². The fourth-order valence-electron chi connectivity index (χ4n) is 3.08. The van der Waals surface area contributed by atoms with Crippen molar-refractivity contribution in [3.05, 3.63) is 94.8 Å². The number of carbonyl (C=O) groups is 1. The van der Waals surface area contributed by atoms with Crippen LogP contribution in [0.4, 0.5) is 10.2 Å². The Bertz CT molecular complexity index is 1200. The van der Waals surface area contributed by atoms with E-state index in [9.17, 15) is 9.18 Å². The van der Waals surface area contributed by atoms with Gasteiger partial charge >= 0.3 is 0 Å². The first-order valence-electron chi connectivity index (χ1n) is 9.72. The molecule has 158 valence electrons. The lowest BCUT2D eigenvalue weighted by atomic mass is 10.1. The summed E-state index contributed by atoms with van der Waals surface area (Å²) >= 11 is 0. The fourth-order valence-corrected chi connectivity index (χ4v) is 3.08. The molecule has 4 aromatic rings. The van der Waals surface area contributed by atoms with Gasteiger partial charge in [0.05, 0.1) is 12.1 Å². The number of hydrogen-bond acceptors (Lipinski definition) is 5. The normalized spacial score (nSPS) is 10.8. The highest BCUT2D eigenvalue weighted by Gasteiger charge is 2.21. The van der Waals surface area contributed by atoms with E-state index in [1.165, 1.54) is 29.8 Å². The minimum atomic E-state index is -0.448. The molecule has 0 saturated heterocycles. The minimum absolute atomic E-state index is 0.0610. The summed E-state index contributed by atoms with van der Waals surface area (Å²) in [5.41, 5.74) is 2.96. The van der Waals surface area contributed by atoms with Gasteiger partial charge in [0.15, 0.2) is 11.5 Å². The van der Waals surface area contributed by atoms with Crippen molar-refractivity contribution in [1.82, 2.24) is 14.9 Å². The molecular weight excluding hydrogens is 399 g/mol. The van der Waals surface area contributed by atoms with Crippen LogP contribution in [-0.4, -0.2) is 20.8 Å². The Morgan fingerprint density at radius 2 is 1.90 bits per heavy atom. The molecule has 0 atom stereocenters. The smallest absolute Gasteiger partial charge is 0.279 e. The second kappa shape index (κ2) is 8.83. The molecule has 1 amide bonds. The first-order chi connectivity index (χ1) is 15.0. The summed E-state index contributed by atoms with van der Waals surface area (Å²) in [6.45, 7) is 4.40. The minimum Gasteiger partial charge on any atom is -0.489 e. The Hall–Kier alpha value is -3.94. The quantitative estimate of drug-likeness (QED) is 0.476. The zero-order valence-corrected chi connectivity index (χ0v) is 17.1. The van der Waals surface area contributed by atoms with Crippen molar-refractivity contribution in [2.75, 3.05) is 5.32 Å². The first kappa shape index (κ1) is 20.3. The van der Waals surface area contributed by atoms with E-state index in [1.54, 1.807) is 23.9 Å². The summed E-state index contributed by atoms with van der Waals surface area (Å²) in [4.78, 5) is 12.7. The van der Waals surface area contributed by atoms with Crippen LogP contribution in [0.3, 0.4) is 0 Å². The van der Waals surface area contributed by atoms with Crippen LogP contribution in [0.5, 0.6) is 5.75 Å². The number of carbonyl (C=O) groups excluding carboxylic acids is 1. The van der Waals surface area contributed by atoms with Crippen LogP contribution >= 0.6 is 0 Å². The summed E-state index contributed by atoms with van der Waals surface area (Å²) in [6, 6.07) is 15.4. The number of rotatable bonds is 7. The molecule has 2 aromatic carbocycles. The summed E-state index contributed by atoms with van der Waals surface area (Å²) < 4.78 is 25.6. The predicted molar refractivity (Wildman–Crippen MR) is 112 cm³/mol. The molecule has 2 aromatic heterocycles. The first-order valence-corrected chi connectivity index (χ1v) is 9.72. The Balaban J connectivity index is 1.43. The van der Waals surface area contributed by atoms with E-state index in [4.69, 9.17) is 9.26 Å². The Kier molecular flexibility index (Phi) is 5.79. The van der Waals surface area contributed by atoms with Crippen molar-refractivity contribution < 1.29 is 18.4 Å². The molecule has 0 radical (unpaired) electrons. The highest BCUT2D eigenvalue weighted by Crippen LogP contribution is 2.19. The number of aromatic nitrogens is 3. The number of ether oxygens (including phenoxy) is 1. The van der Waals surface area contributed by atoms with Gasteiger partial charge in [0, 0.05) is 12.3 Å². The number of halogens is 1. The van der Waals surface area contributed by atoms with Crippen LogP contribution < -0.4 is 10.1 Å². The zero-order valence-electron chi connectivity index (χ0n) is 17.1. The van der Waals surface area contributed by atoms with Crippen molar-refractivity contribution in [3.63, 3.8) is 0 Å². The van der Waals surface area contributed by atoms with E-state index in [0.29, 0.717) is 29.4 Å². The van der Waals surface area contributed by atoms with Gasteiger partial charge in [0.2, 0.25) is 0 Å². The van der Waals surface area contributed by atoms with Crippen molar-refractivity contribution in [2.45, 2.75) is 27.0 Å². The number of anilines is 1. The highest BCUT2D eigenvalue weighted by molar-refractivity contribution is 6.03. The van der Waals surface area contributed by atoms with Gasteiger partial charge in [-0.15, -0.1) is 0 Å². The van der Waals surface area contributed by atoms with Crippen LogP contribution in [-0.2, 0) is 13.2 Å². The summed E-state index contributed by atoms with van der Waals surface area (Å²) in [5.74, 6) is 0.552. The van der Waals surface area contributed by atoms with Gasteiger partial charge in [0.25, 0.3) is 5.91 Å². The second-order valence-electron chi connectivity index (χ2n) is 7.09. The topological polar surface area (TPSA) is 82.2 Å². The lowest BCUT2D eigenvalue weighted by molar-refractivity contribution is 0.101. The van der Waals surface area contributed by atoms with E-state index in [1.807, 2.05) is 31.2 Å². The average Bonchev–Trinajstić information content (AvgIpc) is 3.35. The number of amides is 1. The molecule has 1 N–H and O–H groups in total. The summed E-state index contributed by atoms with van der Waals surface area (Å²) in [6.07, 6.45) is 1.80. The molecule has 0 aliphatic rings. The lowest BCUT2D eigenvalue weighted by Crippen LogP contribution is -2.16. The second-order valence-corrected chi connectivity index (χ2v) is 7.09. The Morgan fingerprint density at radius 3 is 2.68 bits per heavy atom. The molecule has 0 bridgehead atoms. The van der Waals surface area contributed by atoms with Gasteiger partial charge in [0.1, 0.15) is 23.9 Å². The van der Waals surface area contributed by atoms with Crippen molar-refractivity contribution >= 4 is 11.7 Å². The maximum atomic E-state index is 13.0. The molecule has 0 saturated carbocycles. The van der Waals surface area contributed by atoms with Crippen LogP contribution in [0.1, 0.15) is 32.9 Å². The van der Waals surface area contributed by atoms with E-state index >= 15 is 0 Å². The van der Waals surface area contributed by atoms with Gasteiger partial charge in [-0.2, -0.15) is 5.10 Å². The molecule has 31 heavy (non-hydrogen) atoms. The van der Waals surface area contributed by atoms with Gasteiger partial charge in [-0.1, -0.05) is 29.4 Å². The number of aryl methyl sites for hydroxylation is 2. The fraction of sp³-hybridized carbons (Fsp3) is 0.174. The average molecular weight is 420 g/mol. The molecule has 7 nitrogen and oxygen atoms in total. The van der Waals surface area contributed by atoms with E-state index in [2.05, 4.69) is 15.6 Å². The third kappa shape index (κ3) is 4.80. The van der Waals surface area contributed by atoms with Gasteiger partial charge < -0.3 is 14.6 Å². The van der Waals surface area contributed by atoms with Crippen molar-refractivity contribution in [2.24, 2.45) is 0 Å². The monoisotopic (exact) mass is 420 g/mol. The highest BCUT2D eigenvalue weighted by atomic mass is 19.1. The van der Waals surface area contributed by atoms with E-state index in [0.717, 1.165) is 5.56 Å². The van der Waals surface area contributed by atoms with Crippen LogP contribution in [0, 0.1) is 19.7 Å². The molecule has 0 aliphatic heterocycles. The van der Waals surface area contributed by atoms with Crippen molar-refractivity contribution in [1.29, 1.82) is 0 Å². The Morgan fingerprint density at radius 1 is 1.13 bits per heavy atom. The molecule has 4 rings (SSSR count). The molecule has 2 heterocycles. The molecule has 0 unspecified atom stereocenters. The summed E-state index contributed by atoms with van der Waals surface area (Å²) in [5, 5.41) is 11.0. The maximum absolute atomic E-state index is 13.0. The Labute approximate surface area is 178 Å². The number of hydrogen-bond donors (Lipinski definition) is 1. The maximum Gasteiger partial charge on any atom is 0.279 e. The third-order valence-electron chi connectivity index (χ3n) is 4.87. The van der Waals surface area contributed by atoms with Gasteiger partial charge in [-0.25, -0.2) is 4.39 Å². The summed E-state index contributed by atoms with van der Waals surface area (Å²) in [7, 11) is 0. The largest absolute Gasteiger partial charge is 0.489 e. The third-order valence-corrected chi connectivity index (χ3v) is 4.87. The molecule has 8 heteroatoms. The standard InChI is InChI=1S/C23H21FN4O3/c1-15-5-3-4-6-17(15)13-28-12-11-21(26-28)25-23(29)22-20(16(2)31-27-22)14-30-19-9-7-18(24)8-10-19/h3-12H,13-14H2,1-2H3,(H,25,26,29). The molecule has 0 spiro atoms. The predicted octanol–water partition coefficient (Wildman–Crippen LogP) is 4.51. The van der Waals surface area contributed by atoms with Crippen LogP contribution in [0.15, 0.2) is 65.3 Å². The van der Waals surface area contributed by atoms with Crippen molar-refractivity contribution in [3.8, 4) is 5.75 Å². The number of nitrogens with one attached hydrogen (secondary N) is 1. The zero-order chi connectivity index (χ0) is 21.8.